The van der Waals surface area contributed by atoms with E-state index < -0.39 is 0 Å². The lowest BCUT2D eigenvalue weighted by molar-refractivity contribution is -0.132. The Kier molecular flexibility index (Phi) is 4.60. The second kappa shape index (κ2) is 6.83. The first-order valence-corrected chi connectivity index (χ1v) is 8.12. The Balaban J connectivity index is 1.79. The Bertz CT molecular complexity index is 755. The highest BCUT2D eigenvalue weighted by molar-refractivity contribution is 5.90. The third-order valence-corrected chi connectivity index (χ3v) is 4.37. The highest BCUT2D eigenvalue weighted by atomic mass is 16.2. The van der Waals surface area contributed by atoms with Gasteiger partial charge in [0, 0.05) is 19.7 Å². The Hall–Kier alpha value is -2.69. The summed E-state index contributed by atoms with van der Waals surface area (Å²) in [5.41, 5.74) is 3.31. The third kappa shape index (κ3) is 3.45. The van der Waals surface area contributed by atoms with Crippen molar-refractivity contribution in [3.63, 3.8) is 0 Å². The molecule has 0 fully saturated rings. The first-order chi connectivity index (χ1) is 11.5. The van der Waals surface area contributed by atoms with Crippen molar-refractivity contribution in [2.45, 2.75) is 32.7 Å². The predicted molar refractivity (Wildman–Crippen MR) is 92.5 cm³/mol. The number of nitrogens with zero attached hydrogens (tertiary/aromatic N) is 2. The van der Waals surface area contributed by atoms with Crippen LogP contribution in [0.1, 0.15) is 36.1 Å². The van der Waals surface area contributed by atoms with Crippen LogP contribution in [0.2, 0.25) is 0 Å². The van der Waals surface area contributed by atoms with Crippen molar-refractivity contribution >= 4 is 17.6 Å². The SMILES string of the molecule is CC(=O)N1CCc2ccccc2C1CC(=O)Nc1ccc(C)cn1. The van der Waals surface area contributed by atoms with Gasteiger partial charge in [-0.15, -0.1) is 0 Å². The van der Waals surface area contributed by atoms with Crippen LogP contribution in [0.5, 0.6) is 0 Å². The van der Waals surface area contributed by atoms with Crippen molar-refractivity contribution in [2.24, 2.45) is 0 Å². The number of nitrogens with one attached hydrogen (secondary N) is 1. The number of carbonyl (C=O) groups excluding carboxylic acids is 2. The second-order valence-corrected chi connectivity index (χ2v) is 6.15. The van der Waals surface area contributed by atoms with Crippen LogP contribution >= 0.6 is 0 Å². The molecule has 24 heavy (non-hydrogen) atoms. The first-order valence-electron chi connectivity index (χ1n) is 8.12. The Morgan fingerprint density at radius 2 is 2.04 bits per heavy atom. The zero-order chi connectivity index (χ0) is 17.1. The topological polar surface area (TPSA) is 62.3 Å². The van der Waals surface area contributed by atoms with E-state index in [2.05, 4.69) is 16.4 Å². The molecule has 0 saturated carbocycles. The van der Waals surface area contributed by atoms with Gasteiger partial charge >= 0.3 is 0 Å². The summed E-state index contributed by atoms with van der Waals surface area (Å²) in [6.07, 6.45) is 2.77. The molecule has 0 saturated heterocycles. The lowest BCUT2D eigenvalue weighted by Crippen LogP contribution is -2.40. The molecule has 2 aromatic rings. The highest BCUT2D eigenvalue weighted by Gasteiger charge is 2.30. The van der Waals surface area contributed by atoms with Crippen LogP contribution in [0.3, 0.4) is 0 Å². The quantitative estimate of drug-likeness (QED) is 0.945. The van der Waals surface area contributed by atoms with Crippen LogP contribution in [0, 0.1) is 6.92 Å². The number of aryl methyl sites for hydroxylation is 1. The molecule has 2 heterocycles. The van der Waals surface area contributed by atoms with E-state index in [1.165, 1.54) is 5.56 Å². The minimum atomic E-state index is -0.224. The molecule has 1 aromatic heterocycles. The van der Waals surface area contributed by atoms with Crippen molar-refractivity contribution in [1.29, 1.82) is 0 Å². The molecule has 1 aromatic carbocycles. The molecule has 2 amide bonds. The molecule has 0 aliphatic carbocycles. The van der Waals surface area contributed by atoms with E-state index in [-0.39, 0.29) is 24.3 Å². The second-order valence-electron chi connectivity index (χ2n) is 6.15. The lowest BCUT2D eigenvalue weighted by Gasteiger charge is -2.36. The number of pyridine rings is 1. The van der Waals surface area contributed by atoms with Gasteiger partial charge in [0.1, 0.15) is 5.82 Å². The van der Waals surface area contributed by atoms with E-state index in [1.807, 2.05) is 31.2 Å². The summed E-state index contributed by atoms with van der Waals surface area (Å²) in [5, 5.41) is 2.82. The normalized spacial score (nSPS) is 16.4. The smallest absolute Gasteiger partial charge is 0.227 e. The molecule has 1 unspecified atom stereocenters. The Labute approximate surface area is 141 Å². The molecule has 124 valence electrons. The van der Waals surface area contributed by atoms with Crippen molar-refractivity contribution in [2.75, 3.05) is 11.9 Å². The average molecular weight is 323 g/mol. The molecular formula is C19H21N3O2. The van der Waals surface area contributed by atoms with Crippen LogP contribution in [0.4, 0.5) is 5.82 Å². The Morgan fingerprint density at radius 3 is 2.75 bits per heavy atom. The number of hydrogen-bond donors (Lipinski definition) is 1. The van der Waals surface area contributed by atoms with Gasteiger partial charge in [-0.25, -0.2) is 4.98 Å². The van der Waals surface area contributed by atoms with Crippen LogP contribution in [0.25, 0.3) is 0 Å². The summed E-state index contributed by atoms with van der Waals surface area (Å²) in [6.45, 7) is 4.15. The van der Waals surface area contributed by atoms with Crippen LogP contribution in [-0.4, -0.2) is 28.2 Å². The van der Waals surface area contributed by atoms with E-state index in [0.717, 1.165) is 17.5 Å². The number of anilines is 1. The summed E-state index contributed by atoms with van der Waals surface area (Å²) in [4.78, 5) is 30.4. The van der Waals surface area contributed by atoms with Gasteiger partial charge in [0.15, 0.2) is 0 Å². The third-order valence-electron chi connectivity index (χ3n) is 4.37. The molecule has 1 atom stereocenters. The fourth-order valence-corrected chi connectivity index (χ4v) is 3.16. The predicted octanol–water partition coefficient (Wildman–Crippen LogP) is 2.86. The van der Waals surface area contributed by atoms with Crippen LogP contribution in [0.15, 0.2) is 42.6 Å². The van der Waals surface area contributed by atoms with E-state index in [9.17, 15) is 9.59 Å². The zero-order valence-electron chi connectivity index (χ0n) is 14.0. The monoisotopic (exact) mass is 323 g/mol. The maximum absolute atomic E-state index is 12.5. The molecule has 3 rings (SSSR count). The van der Waals surface area contributed by atoms with Gasteiger partial charge in [-0.3, -0.25) is 9.59 Å². The lowest BCUT2D eigenvalue weighted by atomic mass is 9.90. The highest BCUT2D eigenvalue weighted by Crippen LogP contribution is 2.32. The molecular weight excluding hydrogens is 302 g/mol. The fraction of sp³-hybridized carbons (Fsp3) is 0.316. The maximum atomic E-state index is 12.5. The van der Waals surface area contributed by atoms with Crippen molar-refractivity contribution in [1.82, 2.24) is 9.88 Å². The molecule has 0 bridgehead atoms. The number of rotatable bonds is 3. The number of amides is 2. The van der Waals surface area contributed by atoms with Crippen molar-refractivity contribution in [3.8, 4) is 0 Å². The number of hydrogen-bond acceptors (Lipinski definition) is 3. The Morgan fingerprint density at radius 1 is 1.25 bits per heavy atom. The summed E-state index contributed by atoms with van der Waals surface area (Å²) >= 11 is 0. The van der Waals surface area contributed by atoms with E-state index in [4.69, 9.17) is 0 Å². The van der Waals surface area contributed by atoms with Gasteiger partial charge in [0.05, 0.1) is 12.5 Å². The summed E-state index contributed by atoms with van der Waals surface area (Å²) in [5.74, 6) is 0.388. The molecule has 0 radical (unpaired) electrons. The van der Waals surface area contributed by atoms with Crippen LogP contribution < -0.4 is 5.32 Å². The molecule has 1 aliphatic rings. The minimum Gasteiger partial charge on any atom is -0.335 e. The van der Waals surface area contributed by atoms with Gasteiger partial charge in [-0.1, -0.05) is 30.3 Å². The number of carbonyl (C=O) groups is 2. The van der Waals surface area contributed by atoms with Gasteiger partial charge in [0.25, 0.3) is 0 Å². The molecule has 5 nitrogen and oxygen atoms in total. The molecule has 1 aliphatic heterocycles. The van der Waals surface area contributed by atoms with Gasteiger partial charge < -0.3 is 10.2 Å². The summed E-state index contributed by atoms with van der Waals surface area (Å²) in [6, 6.07) is 11.5. The van der Waals surface area contributed by atoms with E-state index >= 15 is 0 Å². The molecule has 5 heteroatoms. The maximum Gasteiger partial charge on any atom is 0.227 e. The molecule has 0 spiro atoms. The average Bonchev–Trinajstić information content (AvgIpc) is 2.57. The largest absolute Gasteiger partial charge is 0.335 e. The van der Waals surface area contributed by atoms with Crippen LogP contribution in [-0.2, 0) is 16.0 Å². The number of aromatic nitrogens is 1. The van der Waals surface area contributed by atoms with Crippen molar-refractivity contribution in [3.05, 3.63) is 59.3 Å². The standard InChI is InChI=1S/C19H21N3O2/c1-13-7-8-18(20-12-13)21-19(24)11-17-16-6-4-3-5-15(16)9-10-22(17)14(2)23/h3-8,12,17H,9-11H2,1-2H3,(H,20,21,24). The van der Waals surface area contributed by atoms with Gasteiger partial charge in [0.2, 0.25) is 11.8 Å². The number of benzene rings is 1. The molecule has 1 N–H and O–H groups in total. The van der Waals surface area contributed by atoms with Gasteiger partial charge in [-0.2, -0.15) is 0 Å². The minimum absolute atomic E-state index is 0.00392. The summed E-state index contributed by atoms with van der Waals surface area (Å²) in [7, 11) is 0. The van der Waals surface area contributed by atoms with E-state index in [1.54, 1.807) is 24.1 Å². The van der Waals surface area contributed by atoms with Crippen molar-refractivity contribution < 1.29 is 9.59 Å². The zero-order valence-corrected chi connectivity index (χ0v) is 14.0. The van der Waals surface area contributed by atoms with E-state index in [0.29, 0.717) is 12.4 Å². The number of fused-ring (bicyclic) bond motifs is 1. The summed E-state index contributed by atoms with van der Waals surface area (Å²) < 4.78 is 0. The van der Waals surface area contributed by atoms with Gasteiger partial charge in [-0.05, 0) is 36.1 Å². The first kappa shape index (κ1) is 16.2. The fourth-order valence-electron chi connectivity index (χ4n) is 3.16.